The third-order valence-electron chi connectivity index (χ3n) is 5.15. The number of guanidine groups is 1. The van der Waals surface area contributed by atoms with Crippen molar-refractivity contribution in [1.29, 1.82) is 0 Å². The lowest BCUT2D eigenvalue weighted by Gasteiger charge is -2.32. The Morgan fingerprint density at radius 3 is 2.59 bits per heavy atom. The predicted octanol–water partition coefficient (Wildman–Crippen LogP) is 3.68. The molecule has 1 aliphatic rings. The van der Waals surface area contributed by atoms with Gasteiger partial charge in [0.1, 0.15) is 0 Å². The number of hydrogen-bond donors (Lipinski definition) is 2. The Hall–Kier alpha value is -1.22. The van der Waals surface area contributed by atoms with E-state index in [1.165, 1.54) is 44.5 Å². The third-order valence-corrected chi connectivity index (χ3v) is 5.15. The van der Waals surface area contributed by atoms with Gasteiger partial charge < -0.3 is 25.0 Å². The lowest BCUT2D eigenvalue weighted by Crippen LogP contribution is -2.48. The molecule has 1 fully saturated rings. The van der Waals surface area contributed by atoms with E-state index in [-0.39, 0.29) is 24.0 Å². The Bertz CT molecular complexity index is 604. The maximum Gasteiger partial charge on any atom is 0.191 e. The fourth-order valence-corrected chi connectivity index (χ4v) is 3.65. The highest BCUT2D eigenvalue weighted by atomic mass is 127. The number of halogens is 1. The normalized spacial score (nSPS) is 15.5. The van der Waals surface area contributed by atoms with Crippen molar-refractivity contribution in [3.8, 4) is 11.5 Å². The lowest BCUT2D eigenvalue weighted by atomic mass is 10.1. The summed E-state index contributed by atoms with van der Waals surface area (Å²) in [4.78, 5) is 6.94. The van der Waals surface area contributed by atoms with E-state index in [0.717, 1.165) is 36.8 Å². The van der Waals surface area contributed by atoms with Crippen LogP contribution >= 0.6 is 24.0 Å². The molecule has 0 spiro atoms. The summed E-state index contributed by atoms with van der Waals surface area (Å²) in [5.74, 6) is 2.53. The number of hydrogen-bond acceptors (Lipinski definition) is 4. The number of benzene rings is 1. The zero-order valence-electron chi connectivity index (χ0n) is 18.5. The number of aryl methyl sites for hydroxylation is 1. The third kappa shape index (κ3) is 8.99. The van der Waals surface area contributed by atoms with Gasteiger partial charge in [0.15, 0.2) is 17.5 Å². The van der Waals surface area contributed by atoms with Gasteiger partial charge in [-0.05, 0) is 63.3 Å². The predicted molar refractivity (Wildman–Crippen MR) is 132 cm³/mol. The van der Waals surface area contributed by atoms with Gasteiger partial charge in [0, 0.05) is 32.7 Å². The summed E-state index contributed by atoms with van der Waals surface area (Å²) in [6.45, 7) is 9.35. The van der Waals surface area contributed by atoms with Crippen molar-refractivity contribution >= 4 is 29.9 Å². The molecule has 0 atom stereocenters. The number of rotatable bonds is 10. The molecule has 166 valence electrons. The Balaban J connectivity index is 0.00000420. The van der Waals surface area contributed by atoms with E-state index >= 15 is 0 Å². The quantitative estimate of drug-likeness (QED) is 0.214. The van der Waals surface area contributed by atoms with E-state index in [2.05, 4.69) is 39.6 Å². The highest BCUT2D eigenvalue weighted by Crippen LogP contribution is 2.28. The molecule has 1 aliphatic heterocycles. The van der Waals surface area contributed by atoms with Crippen LogP contribution in [0, 0.1) is 0 Å². The average Bonchev–Trinajstić information content (AvgIpc) is 2.72. The molecule has 1 aromatic carbocycles. The lowest BCUT2D eigenvalue weighted by molar-refractivity contribution is 0.206. The summed E-state index contributed by atoms with van der Waals surface area (Å²) in [6.07, 6.45) is 5.64. The minimum atomic E-state index is 0. The molecular weight excluding hydrogens is 479 g/mol. The number of methoxy groups -OCH3 is 1. The first-order valence-electron chi connectivity index (χ1n) is 10.7. The van der Waals surface area contributed by atoms with E-state index in [0.29, 0.717) is 12.6 Å². The smallest absolute Gasteiger partial charge is 0.191 e. The summed E-state index contributed by atoms with van der Waals surface area (Å²) in [7, 11) is 3.52. The zero-order chi connectivity index (χ0) is 20.2. The summed E-state index contributed by atoms with van der Waals surface area (Å²) < 4.78 is 11.0. The van der Waals surface area contributed by atoms with Crippen LogP contribution in [0.1, 0.15) is 45.1 Å². The molecular formula is C22H39IN4O2. The van der Waals surface area contributed by atoms with Crippen molar-refractivity contribution in [2.75, 3.05) is 46.9 Å². The van der Waals surface area contributed by atoms with Gasteiger partial charge in [-0.2, -0.15) is 0 Å². The number of likely N-dealkylation sites (tertiary alicyclic amines) is 1. The summed E-state index contributed by atoms with van der Waals surface area (Å²) >= 11 is 0. The first-order valence-corrected chi connectivity index (χ1v) is 10.7. The van der Waals surface area contributed by atoms with Crippen molar-refractivity contribution in [3.63, 3.8) is 0 Å². The number of ether oxygens (including phenoxy) is 2. The summed E-state index contributed by atoms with van der Waals surface area (Å²) in [6, 6.07) is 6.70. The fourth-order valence-electron chi connectivity index (χ4n) is 3.65. The molecule has 6 nitrogen and oxygen atoms in total. The van der Waals surface area contributed by atoms with Gasteiger partial charge in [0.05, 0.1) is 13.7 Å². The van der Waals surface area contributed by atoms with Gasteiger partial charge in [0.2, 0.25) is 0 Å². The van der Waals surface area contributed by atoms with Crippen LogP contribution in [0.4, 0.5) is 0 Å². The van der Waals surface area contributed by atoms with Crippen LogP contribution in [0.25, 0.3) is 0 Å². The minimum Gasteiger partial charge on any atom is -0.493 e. The average molecular weight is 518 g/mol. The summed E-state index contributed by atoms with van der Waals surface area (Å²) in [5, 5.41) is 7.04. The van der Waals surface area contributed by atoms with Crippen molar-refractivity contribution in [3.05, 3.63) is 23.8 Å². The molecule has 2 rings (SSSR count). The molecule has 0 bridgehead atoms. The van der Waals surface area contributed by atoms with Crippen LogP contribution in [0.2, 0.25) is 0 Å². The second-order valence-corrected chi connectivity index (χ2v) is 7.28. The number of piperidine rings is 1. The Morgan fingerprint density at radius 2 is 1.97 bits per heavy atom. The largest absolute Gasteiger partial charge is 0.493 e. The molecule has 0 unspecified atom stereocenters. The zero-order valence-corrected chi connectivity index (χ0v) is 20.8. The Morgan fingerprint density at radius 1 is 1.21 bits per heavy atom. The van der Waals surface area contributed by atoms with Gasteiger partial charge in [-0.25, -0.2) is 0 Å². The summed E-state index contributed by atoms with van der Waals surface area (Å²) in [5.41, 5.74) is 1.26. The number of aliphatic imine (C=N–C) groups is 1. The van der Waals surface area contributed by atoms with Gasteiger partial charge >= 0.3 is 0 Å². The SMILES string of the molecule is CCCN1CCC(NC(=NC)NCCCc2ccc(OC)c(OCC)c2)CC1.I. The van der Waals surface area contributed by atoms with E-state index < -0.39 is 0 Å². The maximum absolute atomic E-state index is 5.66. The first kappa shape index (κ1) is 25.8. The topological polar surface area (TPSA) is 58.1 Å². The van der Waals surface area contributed by atoms with Crippen LogP contribution in [-0.2, 0) is 6.42 Å². The molecule has 0 amide bonds. The van der Waals surface area contributed by atoms with Crippen molar-refractivity contribution < 1.29 is 9.47 Å². The van der Waals surface area contributed by atoms with Crippen molar-refractivity contribution in [2.45, 2.75) is 52.0 Å². The molecule has 0 aliphatic carbocycles. The first-order chi connectivity index (χ1) is 13.7. The molecule has 1 saturated heterocycles. The van der Waals surface area contributed by atoms with E-state index in [1.807, 2.05) is 20.0 Å². The van der Waals surface area contributed by atoms with Crippen LogP contribution in [-0.4, -0.2) is 63.8 Å². The van der Waals surface area contributed by atoms with Crippen LogP contribution in [0.15, 0.2) is 23.2 Å². The molecule has 29 heavy (non-hydrogen) atoms. The molecule has 0 aromatic heterocycles. The standard InChI is InChI=1S/C22H38N4O2.HI/c1-5-14-26-15-11-19(12-16-26)25-22(23-3)24-13-7-8-18-9-10-20(27-4)21(17-18)28-6-2;/h9-10,17,19H,5-8,11-16H2,1-4H3,(H2,23,24,25);1H. The maximum atomic E-state index is 5.66. The monoisotopic (exact) mass is 518 g/mol. The minimum absolute atomic E-state index is 0. The second kappa shape index (κ2) is 14.7. The molecule has 1 aromatic rings. The van der Waals surface area contributed by atoms with Crippen LogP contribution in [0.3, 0.4) is 0 Å². The fraction of sp³-hybridized carbons (Fsp3) is 0.682. The van der Waals surface area contributed by atoms with Gasteiger partial charge in [-0.1, -0.05) is 13.0 Å². The van der Waals surface area contributed by atoms with Crippen molar-refractivity contribution in [2.24, 2.45) is 4.99 Å². The van der Waals surface area contributed by atoms with Crippen molar-refractivity contribution in [1.82, 2.24) is 15.5 Å². The molecule has 1 heterocycles. The molecule has 0 radical (unpaired) electrons. The molecule has 7 heteroatoms. The van der Waals surface area contributed by atoms with Crippen LogP contribution in [0.5, 0.6) is 11.5 Å². The van der Waals surface area contributed by atoms with Gasteiger partial charge in [-0.15, -0.1) is 24.0 Å². The Kier molecular flexibility index (Phi) is 13.1. The molecule has 0 saturated carbocycles. The Labute approximate surface area is 193 Å². The van der Waals surface area contributed by atoms with E-state index in [4.69, 9.17) is 9.47 Å². The second-order valence-electron chi connectivity index (χ2n) is 7.28. The highest BCUT2D eigenvalue weighted by Gasteiger charge is 2.19. The molecule has 2 N–H and O–H groups in total. The van der Waals surface area contributed by atoms with E-state index in [1.54, 1.807) is 7.11 Å². The number of nitrogens with zero attached hydrogens (tertiary/aromatic N) is 2. The van der Waals surface area contributed by atoms with Gasteiger partial charge in [0.25, 0.3) is 0 Å². The van der Waals surface area contributed by atoms with Gasteiger partial charge in [-0.3, -0.25) is 4.99 Å². The number of nitrogens with one attached hydrogen (secondary N) is 2. The van der Waals surface area contributed by atoms with Crippen LogP contribution < -0.4 is 20.1 Å². The van der Waals surface area contributed by atoms with E-state index in [9.17, 15) is 0 Å². The highest BCUT2D eigenvalue weighted by molar-refractivity contribution is 14.0.